The highest BCUT2D eigenvalue weighted by Crippen LogP contribution is 2.31. The van der Waals surface area contributed by atoms with E-state index in [1.807, 2.05) is 18.4 Å². The molecule has 2 aromatic rings. The minimum atomic E-state index is -0.948. The molecule has 2 aromatic heterocycles. The van der Waals surface area contributed by atoms with E-state index in [-0.39, 0.29) is 11.6 Å². The average Bonchev–Trinajstić information content (AvgIpc) is 2.87. The van der Waals surface area contributed by atoms with E-state index in [4.69, 9.17) is 0 Å². The van der Waals surface area contributed by atoms with Crippen LogP contribution in [-0.2, 0) is 0 Å². The van der Waals surface area contributed by atoms with Crippen molar-refractivity contribution in [3.05, 3.63) is 45.3 Å². The number of pyridine rings is 1. The molecule has 0 aromatic carbocycles. The second-order valence-electron chi connectivity index (χ2n) is 5.49. The standard InChI is InChI=1S/C16H20N2O2S/c1-9(2)14(12-6-5-7-21-12)18-15-13(16(19)20)10(3)8-11(4)17-15/h5-9,14H,1-4H3,(H,17,18)(H,19,20). The number of thiophene rings is 1. The summed E-state index contributed by atoms with van der Waals surface area (Å²) in [5.74, 6) is -0.170. The Morgan fingerprint density at radius 2 is 2.10 bits per heavy atom. The summed E-state index contributed by atoms with van der Waals surface area (Å²) in [4.78, 5) is 17.1. The summed E-state index contributed by atoms with van der Waals surface area (Å²) in [5, 5.41) is 14.8. The maximum absolute atomic E-state index is 11.5. The molecular weight excluding hydrogens is 284 g/mol. The number of aryl methyl sites for hydroxylation is 2. The van der Waals surface area contributed by atoms with Gasteiger partial charge in [-0.2, -0.15) is 0 Å². The summed E-state index contributed by atoms with van der Waals surface area (Å²) in [6.07, 6.45) is 0. The highest BCUT2D eigenvalue weighted by molar-refractivity contribution is 7.10. The van der Waals surface area contributed by atoms with Gasteiger partial charge >= 0.3 is 5.97 Å². The summed E-state index contributed by atoms with van der Waals surface area (Å²) >= 11 is 1.66. The Kier molecular flexibility index (Phi) is 4.63. The Morgan fingerprint density at radius 1 is 1.38 bits per heavy atom. The second kappa shape index (κ2) is 6.26. The summed E-state index contributed by atoms with van der Waals surface area (Å²) in [5.41, 5.74) is 1.79. The molecule has 5 heteroatoms. The van der Waals surface area contributed by atoms with Crippen molar-refractivity contribution >= 4 is 23.1 Å². The quantitative estimate of drug-likeness (QED) is 0.866. The van der Waals surface area contributed by atoms with Gasteiger partial charge in [-0.3, -0.25) is 0 Å². The van der Waals surface area contributed by atoms with Gasteiger partial charge in [0.05, 0.1) is 6.04 Å². The number of carbonyl (C=O) groups is 1. The maximum atomic E-state index is 11.5. The molecule has 0 aliphatic carbocycles. The van der Waals surface area contributed by atoms with Crippen molar-refractivity contribution in [2.75, 3.05) is 5.32 Å². The molecule has 0 aliphatic rings. The van der Waals surface area contributed by atoms with Crippen LogP contribution in [0.1, 0.15) is 46.4 Å². The van der Waals surface area contributed by atoms with E-state index in [1.165, 1.54) is 4.88 Å². The zero-order valence-electron chi connectivity index (χ0n) is 12.7. The van der Waals surface area contributed by atoms with E-state index in [0.29, 0.717) is 11.7 Å². The number of hydrogen-bond donors (Lipinski definition) is 2. The molecule has 0 saturated heterocycles. The van der Waals surface area contributed by atoms with E-state index < -0.39 is 5.97 Å². The first-order valence-corrected chi connectivity index (χ1v) is 7.79. The summed E-state index contributed by atoms with van der Waals surface area (Å²) < 4.78 is 0. The van der Waals surface area contributed by atoms with Gasteiger partial charge in [-0.05, 0) is 42.8 Å². The van der Waals surface area contributed by atoms with Crippen LogP contribution >= 0.6 is 11.3 Å². The predicted octanol–water partition coefficient (Wildman–Crippen LogP) is 4.27. The molecule has 2 heterocycles. The van der Waals surface area contributed by atoms with Gasteiger partial charge in [-0.1, -0.05) is 19.9 Å². The Hall–Kier alpha value is -1.88. The molecular formula is C16H20N2O2S. The minimum absolute atomic E-state index is 0.0526. The molecule has 0 spiro atoms. The minimum Gasteiger partial charge on any atom is -0.478 e. The lowest BCUT2D eigenvalue weighted by atomic mass is 10.0. The number of carboxylic acids is 1. The number of hydrogen-bond acceptors (Lipinski definition) is 4. The zero-order valence-corrected chi connectivity index (χ0v) is 13.5. The molecule has 0 bridgehead atoms. The Bertz CT molecular complexity index is 636. The van der Waals surface area contributed by atoms with Crippen molar-refractivity contribution in [1.29, 1.82) is 0 Å². The maximum Gasteiger partial charge on any atom is 0.339 e. The SMILES string of the molecule is Cc1cc(C)c(C(=O)O)c(NC(c2cccs2)C(C)C)n1. The third-order valence-electron chi connectivity index (χ3n) is 3.37. The van der Waals surface area contributed by atoms with Crippen LogP contribution in [0.3, 0.4) is 0 Å². The molecule has 0 aliphatic heterocycles. The molecule has 1 unspecified atom stereocenters. The van der Waals surface area contributed by atoms with Gasteiger partial charge in [0.25, 0.3) is 0 Å². The van der Waals surface area contributed by atoms with Crippen LogP contribution in [0.4, 0.5) is 5.82 Å². The Balaban J connectivity index is 2.44. The molecule has 21 heavy (non-hydrogen) atoms. The summed E-state index contributed by atoms with van der Waals surface area (Å²) in [7, 11) is 0. The molecule has 0 saturated carbocycles. The number of nitrogens with zero attached hydrogens (tertiary/aromatic N) is 1. The third kappa shape index (κ3) is 3.42. The van der Waals surface area contributed by atoms with Gasteiger partial charge in [-0.15, -0.1) is 11.3 Å². The summed E-state index contributed by atoms with van der Waals surface area (Å²) in [6, 6.07) is 5.91. The number of aromatic carboxylic acids is 1. The monoisotopic (exact) mass is 304 g/mol. The van der Waals surface area contributed by atoms with Gasteiger partial charge in [0.2, 0.25) is 0 Å². The molecule has 0 fully saturated rings. The molecule has 2 rings (SSSR count). The van der Waals surface area contributed by atoms with Crippen molar-refractivity contribution in [3.63, 3.8) is 0 Å². The fraction of sp³-hybridized carbons (Fsp3) is 0.375. The number of anilines is 1. The van der Waals surface area contributed by atoms with E-state index in [9.17, 15) is 9.90 Å². The lowest BCUT2D eigenvalue weighted by molar-refractivity contribution is 0.0696. The molecule has 0 radical (unpaired) electrons. The summed E-state index contributed by atoms with van der Waals surface area (Å²) in [6.45, 7) is 7.90. The van der Waals surface area contributed by atoms with Gasteiger partial charge in [0.1, 0.15) is 11.4 Å². The van der Waals surface area contributed by atoms with Crippen molar-refractivity contribution < 1.29 is 9.90 Å². The van der Waals surface area contributed by atoms with Gasteiger partial charge in [0.15, 0.2) is 0 Å². The Labute approximate surface area is 128 Å². The molecule has 112 valence electrons. The first-order valence-electron chi connectivity index (χ1n) is 6.91. The topological polar surface area (TPSA) is 62.2 Å². The first kappa shape index (κ1) is 15.5. The van der Waals surface area contributed by atoms with Crippen LogP contribution < -0.4 is 5.32 Å². The van der Waals surface area contributed by atoms with Crippen LogP contribution in [0.25, 0.3) is 0 Å². The van der Waals surface area contributed by atoms with Crippen molar-refractivity contribution in [1.82, 2.24) is 4.98 Å². The fourth-order valence-corrected chi connectivity index (χ4v) is 3.34. The average molecular weight is 304 g/mol. The van der Waals surface area contributed by atoms with Gasteiger partial charge in [-0.25, -0.2) is 9.78 Å². The third-order valence-corrected chi connectivity index (χ3v) is 4.32. The molecule has 4 nitrogen and oxygen atoms in total. The lowest BCUT2D eigenvalue weighted by Crippen LogP contribution is -2.19. The molecule has 0 amide bonds. The fourth-order valence-electron chi connectivity index (χ4n) is 2.39. The molecule has 2 N–H and O–H groups in total. The number of aromatic nitrogens is 1. The largest absolute Gasteiger partial charge is 0.478 e. The van der Waals surface area contributed by atoms with Crippen molar-refractivity contribution in [3.8, 4) is 0 Å². The lowest BCUT2D eigenvalue weighted by Gasteiger charge is -2.23. The zero-order chi connectivity index (χ0) is 15.6. The Morgan fingerprint density at radius 3 is 2.62 bits per heavy atom. The normalized spacial score (nSPS) is 12.4. The number of nitrogens with one attached hydrogen (secondary N) is 1. The van der Waals surface area contributed by atoms with E-state index >= 15 is 0 Å². The van der Waals surface area contributed by atoms with Gasteiger partial charge < -0.3 is 10.4 Å². The predicted molar refractivity (Wildman–Crippen MR) is 86.2 cm³/mol. The van der Waals surface area contributed by atoms with Crippen LogP contribution in [0.2, 0.25) is 0 Å². The van der Waals surface area contributed by atoms with Crippen LogP contribution in [0, 0.1) is 19.8 Å². The van der Waals surface area contributed by atoms with E-state index in [1.54, 1.807) is 24.3 Å². The first-order chi connectivity index (χ1) is 9.90. The highest BCUT2D eigenvalue weighted by atomic mass is 32.1. The number of rotatable bonds is 5. The van der Waals surface area contributed by atoms with E-state index in [2.05, 4.69) is 30.2 Å². The second-order valence-corrected chi connectivity index (χ2v) is 6.47. The van der Waals surface area contributed by atoms with Crippen molar-refractivity contribution in [2.45, 2.75) is 33.7 Å². The highest BCUT2D eigenvalue weighted by Gasteiger charge is 2.22. The van der Waals surface area contributed by atoms with Crippen molar-refractivity contribution in [2.24, 2.45) is 5.92 Å². The van der Waals surface area contributed by atoms with E-state index in [0.717, 1.165) is 11.3 Å². The smallest absolute Gasteiger partial charge is 0.339 e. The van der Waals surface area contributed by atoms with Crippen LogP contribution in [0.15, 0.2) is 23.6 Å². The van der Waals surface area contributed by atoms with Gasteiger partial charge in [0, 0.05) is 10.6 Å². The number of carboxylic acid groups (broad SMARTS) is 1. The molecule has 1 atom stereocenters. The van der Waals surface area contributed by atoms with Crippen LogP contribution in [0.5, 0.6) is 0 Å². The van der Waals surface area contributed by atoms with Crippen LogP contribution in [-0.4, -0.2) is 16.1 Å².